The van der Waals surface area contributed by atoms with Gasteiger partial charge in [0.15, 0.2) is 0 Å². The van der Waals surface area contributed by atoms with Gasteiger partial charge in [0.05, 0.1) is 12.2 Å². The maximum atomic E-state index is 4.27. The highest BCUT2D eigenvalue weighted by Gasteiger charge is 1.99. The number of nitrogens with one attached hydrogen (secondary N) is 1. The van der Waals surface area contributed by atoms with Crippen LogP contribution in [-0.4, -0.2) is 15.2 Å². The molecule has 0 radical (unpaired) electrons. The van der Waals surface area contributed by atoms with Gasteiger partial charge in [-0.3, -0.25) is 4.98 Å². The number of pyridine rings is 1. The third-order valence-corrected chi connectivity index (χ3v) is 2.53. The van der Waals surface area contributed by atoms with Gasteiger partial charge >= 0.3 is 0 Å². The van der Waals surface area contributed by atoms with Crippen LogP contribution in [0.2, 0.25) is 0 Å². The highest BCUT2D eigenvalue weighted by molar-refractivity contribution is 7.13. The van der Waals surface area contributed by atoms with Crippen LogP contribution in [-0.2, 0) is 6.54 Å². The minimum absolute atomic E-state index is 0.696. The van der Waals surface area contributed by atoms with Crippen LogP contribution in [0.15, 0.2) is 23.8 Å². The number of hydrogen-bond donors (Lipinski definition) is 1. The van der Waals surface area contributed by atoms with E-state index in [4.69, 9.17) is 0 Å². The van der Waals surface area contributed by atoms with Crippen molar-refractivity contribution >= 4 is 16.5 Å². The molecule has 0 saturated carbocycles. The van der Waals surface area contributed by atoms with E-state index in [9.17, 15) is 0 Å². The average Bonchev–Trinajstić information content (AvgIpc) is 2.69. The van der Waals surface area contributed by atoms with Crippen LogP contribution in [0.25, 0.3) is 0 Å². The normalized spacial score (nSPS) is 10.1. The smallest absolute Gasteiger partial charge is 0.205 e. The van der Waals surface area contributed by atoms with Crippen molar-refractivity contribution < 1.29 is 0 Å². The summed E-state index contributed by atoms with van der Waals surface area (Å²) >= 11 is 1.49. The van der Waals surface area contributed by atoms with E-state index in [1.54, 1.807) is 11.7 Å². The lowest BCUT2D eigenvalue weighted by Gasteiger charge is -2.03. The van der Waals surface area contributed by atoms with Crippen molar-refractivity contribution in [1.29, 1.82) is 0 Å². The molecule has 2 heterocycles. The zero-order valence-corrected chi connectivity index (χ0v) is 8.58. The topological polar surface area (TPSA) is 50.7 Å². The molecule has 0 aliphatic rings. The molecule has 72 valence electrons. The van der Waals surface area contributed by atoms with Crippen molar-refractivity contribution in [3.05, 3.63) is 35.1 Å². The maximum Gasteiger partial charge on any atom is 0.205 e. The van der Waals surface area contributed by atoms with Gasteiger partial charge in [-0.1, -0.05) is 17.4 Å². The molecule has 5 heteroatoms. The van der Waals surface area contributed by atoms with Crippen LogP contribution in [0.4, 0.5) is 5.13 Å². The molecular weight excluding hydrogens is 196 g/mol. The number of aryl methyl sites for hydroxylation is 1. The molecule has 2 aromatic rings. The zero-order valence-electron chi connectivity index (χ0n) is 7.77. The maximum absolute atomic E-state index is 4.27. The SMILES string of the molecule is Cc1cccnc1CNc1nncs1. The Morgan fingerprint density at radius 2 is 2.43 bits per heavy atom. The Morgan fingerprint density at radius 3 is 3.14 bits per heavy atom. The molecule has 2 aromatic heterocycles. The lowest BCUT2D eigenvalue weighted by molar-refractivity contribution is 0.994. The average molecular weight is 206 g/mol. The lowest BCUT2D eigenvalue weighted by Crippen LogP contribution is -2.03. The van der Waals surface area contributed by atoms with E-state index in [2.05, 4.69) is 20.5 Å². The first-order valence-corrected chi connectivity index (χ1v) is 5.15. The number of hydrogen-bond acceptors (Lipinski definition) is 5. The predicted molar refractivity (Wildman–Crippen MR) is 56.2 cm³/mol. The van der Waals surface area contributed by atoms with E-state index in [-0.39, 0.29) is 0 Å². The molecule has 1 N–H and O–H groups in total. The molecule has 0 saturated heterocycles. The molecule has 0 atom stereocenters. The summed E-state index contributed by atoms with van der Waals surface area (Å²) in [7, 11) is 0. The second-order valence-corrected chi connectivity index (χ2v) is 3.70. The summed E-state index contributed by atoms with van der Waals surface area (Å²) in [6, 6.07) is 3.98. The van der Waals surface area contributed by atoms with Crippen molar-refractivity contribution in [3.8, 4) is 0 Å². The van der Waals surface area contributed by atoms with Gasteiger partial charge in [-0.25, -0.2) is 0 Å². The molecule has 0 aliphatic heterocycles. The van der Waals surface area contributed by atoms with Gasteiger partial charge < -0.3 is 5.32 Å². The summed E-state index contributed by atoms with van der Waals surface area (Å²) in [6.07, 6.45) is 1.80. The molecule has 0 spiro atoms. The fourth-order valence-electron chi connectivity index (χ4n) is 1.11. The Morgan fingerprint density at radius 1 is 1.50 bits per heavy atom. The number of anilines is 1. The Labute approximate surface area is 86.0 Å². The second kappa shape index (κ2) is 4.15. The Bertz CT molecular complexity index is 399. The van der Waals surface area contributed by atoms with Crippen LogP contribution < -0.4 is 5.32 Å². The van der Waals surface area contributed by atoms with Crippen molar-refractivity contribution in [3.63, 3.8) is 0 Å². The minimum atomic E-state index is 0.696. The van der Waals surface area contributed by atoms with Crippen molar-refractivity contribution in [2.24, 2.45) is 0 Å². The molecule has 0 aliphatic carbocycles. The molecule has 0 bridgehead atoms. The highest BCUT2D eigenvalue weighted by Crippen LogP contribution is 2.10. The van der Waals surface area contributed by atoms with Crippen LogP contribution in [0.3, 0.4) is 0 Å². The first-order valence-electron chi connectivity index (χ1n) is 4.27. The summed E-state index contributed by atoms with van der Waals surface area (Å²) in [5, 5.41) is 11.6. The van der Waals surface area contributed by atoms with E-state index < -0.39 is 0 Å². The van der Waals surface area contributed by atoms with Crippen molar-refractivity contribution in [1.82, 2.24) is 15.2 Å². The first-order chi connectivity index (χ1) is 6.86. The third kappa shape index (κ3) is 2.05. The van der Waals surface area contributed by atoms with Crippen LogP contribution in [0, 0.1) is 6.92 Å². The Hall–Kier alpha value is -1.49. The summed E-state index contributed by atoms with van der Waals surface area (Å²) in [6.45, 7) is 2.74. The largest absolute Gasteiger partial charge is 0.354 e. The fourth-order valence-corrected chi connectivity index (χ4v) is 1.56. The quantitative estimate of drug-likeness (QED) is 0.832. The molecule has 4 nitrogen and oxygen atoms in total. The monoisotopic (exact) mass is 206 g/mol. The van der Waals surface area contributed by atoms with Gasteiger partial charge in [0.1, 0.15) is 5.51 Å². The Kier molecular flexibility index (Phi) is 2.69. The molecular formula is C9H10N4S. The zero-order chi connectivity index (χ0) is 9.80. The van der Waals surface area contributed by atoms with E-state index in [1.165, 1.54) is 16.9 Å². The summed E-state index contributed by atoms with van der Waals surface area (Å²) in [5.74, 6) is 0. The van der Waals surface area contributed by atoms with E-state index in [0.717, 1.165) is 10.8 Å². The number of aromatic nitrogens is 3. The van der Waals surface area contributed by atoms with Crippen LogP contribution >= 0.6 is 11.3 Å². The van der Waals surface area contributed by atoms with Crippen LogP contribution in [0.1, 0.15) is 11.3 Å². The van der Waals surface area contributed by atoms with E-state index in [1.807, 2.05) is 19.1 Å². The minimum Gasteiger partial charge on any atom is -0.354 e. The standard InChI is InChI=1S/C9H10N4S/c1-7-3-2-4-10-8(7)5-11-9-13-12-6-14-9/h2-4,6H,5H2,1H3,(H,11,13). The summed E-state index contributed by atoms with van der Waals surface area (Å²) in [4.78, 5) is 4.27. The molecule has 0 fully saturated rings. The fraction of sp³-hybridized carbons (Fsp3) is 0.222. The van der Waals surface area contributed by atoms with Crippen molar-refractivity contribution in [2.45, 2.75) is 13.5 Å². The third-order valence-electron chi connectivity index (χ3n) is 1.88. The summed E-state index contributed by atoms with van der Waals surface area (Å²) in [5.41, 5.74) is 3.93. The van der Waals surface area contributed by atoms with Crippen LogP contribution in [0.5, 0.6) is 0 Å². The van der Waals surface area contributed by atoms with Gasteiger partial charge in [-0.2, -0.15) is 0 Å². The molecule has 0 unspecified atom stereocenters. The van der Waals surface area contributed by atoms with Crippen molar-refractivity contribution in [2.75, 3.05) is 5.32 Å². The predicted octanol–water partition coefficient (Wildman–Crippen LogP) is 1.85. The molecule has 2 rings (SSSR count). The van der Waals surface area contributed by atoms with Gasteiger partial charge in [0.25, 0.3) is 0 Å². The first kappa shape index (κ1) is 9.08. The molecule has 14 heavy (non-hydrogen) atoms. The van der Waals surface area contributed by atoms with E-state index in [0.29, 0.717) is 6.54 Å². The molecule has 0 amide bonds. The van der Waals surface area contributed by atoms with E-state index >= 15 is 0 Å². The van der Waals surface area contributed by atoms with Gasteiger partial charge in [0, 0.05) is 6.20 Å². The van der Waals surface area contributed by atoms with Gasteiger partial charge in [-0.15, -0.1) is 10.2 Å². The lowest BCUT2D eigenvalue weighted by atomic mass is 10.2. The number of rotatable bonds is 3. The molecule has 0 aromatic carbocycles. The van der Waals surface area contributed by atoms with Gasteiger partial charge in [0.2, 0.25) is 5.13 Å². The highest BCUT2D eigenvalue weighted by atomic mass is 32.1. The number of nitrogens with zero attached hydrogens (tertiary/aromatic N) is 3. The summed E-state index contributed by atoms with van der Waals surface area (Å²) < 4.78 is 0. The van der Waals surface area contributed by atoms with Gasteiger partial charge in [-0.05, 0) is 18.6 Å². The Balaban J connectivity index is 2.02. The second-order valence-electron chi connectivity index (χ2n) is 2.86.